The molecule has 0 aromatic heterocycles. The minimum absolute atomic E-state index is 0.0119. The van der Waals surface area contributed by atoms with Crippen LogP contribution in [0.15, 0.2) is 72.8 Å². The van der Waals surface area contributed by atoms with Crippen molar-refractivity contribution in [2.24, 2.45) is 0 Å². The zero-order valence-electron chi connectivity index (χ0n) is 22.1. The van der Waals surface area contributed by atoms with Gasteiger partial charge < -0.3 is 15.0 Å². The molecular weight excluding hydrogens is 448 g/mol. The zero-order chi connectivity index (χ0) is 26.1. The second-order valence-corrected chi connectivity index (χ2v) is 9.52. The van der Waals surface area contributed by atoms with E-state index in [1.54, 1.807) is 4.90 Å². The average molecular weight is 487 g/mol. The monoisotopic (exact) mass is 486 g/mol. The molecule has 0 saturated heterocycles. The van der Waals surface area contributed by atoms with Crippen LogP contribution in [0.3, 0.4) is 0 Å². The van der Waals surface area contributed by atoms with E-state index >= 15 is 0 Å². The lowest BCUT2D eigenvalue weighted by Crippen LogP contribution is -2.53. The Morgan fingerprint density at radius 2 is 1.61 bits per heavy atom. The molecule has 0 aliphatic heterocycles. The van der Waals surface area contributed by atoms with E-state index in [9.17, 15) is 9.59 Å². The molecule has 3 rings (SSSR count). The summed E-state index contributed by atoms with van der Waals surface area (Å²) in [7, 11) is 0. The summed E-state index contributed by atoms with van der Waals surface area (Å²) in [5, 5.41) is 3.10. The van der Waals surface area contributed by atoms with Crippen LogP contribution in [0.2, 0.25) is 0 Å². The normalized spacial score (nSPS) is 12.5. The minimum atomic E-state index is -0.670. The maximum Gasteiger partial charge on any atom is 0.261 e. The molecular formula is C31H38N2O3. The maximum atomic E-state index is 13.7. The van der Waals surface area contributed by atoms with Crippen LogP contribution in [-0.4, -0.2) is 35.4 Å². The molecule has 0 heterocycles. The van der Waals surface area contributed by atoms with E-state index in [2.05, 4.69) is 11.4 Å². The highest BCUT2D eigenvalue weighted by Gasteiger charge is 2.31. The van der Waals surface area contributed by atoms with Crippen LogP contribution in [0, 0.1) is 20.8 Å². The van der Waals surface area contributed by atoms with Gasteiger partial charge in [-0.15, -0.1) is 0 Å². The van der Waals surface area contributed by atoms with Gasteiger partial charge in [-0.25, -0.2) is 0 Å². The first-order valence-corrected chi connectivity index (χ1v) is 12.7. The van der Waals surface area contributed by atoms with Crippen LogP contribution in [0.25, 0.3) is 0 Å². The molecule has 0 radical (unpaired) electrons. The first kappa shape index (κ1) is 27.0. The van der Waals surface area contributed by atoms with Crippen LogP contribution in [0.4, 0.5) is 0 Å². The number of benzene rings is 3. The van der Waals surface area contributed by atoms with Crippen molar-refractivity contribution in [2.75, 3.05) is 6.61 Å². The first-order valence-electron chi connectivity index (χ1n) is 12.7. The predicted octanol–water partition coefficient (Wildman–Crippen LogP) is 5.55. The molecule has 0 fully saturated rings. The Morgan fingerprint density at radius 1 is 0.917 bits per heavy atom. The number of hydrogen-bond acceptors (Lipinski definition) is 3. The van der Waals surface area contributed by atoms with Gasteiger partial charge in [0.25, 0.3) is 5.91 Å². The summed E-state index contributed by atoms with van der Waals surface area (Å²) in [6, 6.07) is 23.0. The van der Waals surface area contributed by atoms with E-state index in [0.717, 1.165) is 34.2 Å². The van der Waals surface area contributed by atoms with E-state index in [1.807, 2.05) is 101 Å². The van der Waals surface area contributed by atoms with E-state index in [4.69, 9.17) is 4.74 Å². The topological polar surface area (TPSA) is 58.6 Å². The van der Waals surface area contributed by atoms with E-state index in [1.165, 1.54) is 0 Å². The summed E-state index contributed by atoms with van der Waals surface area (Å²) in [5.41, 5.74) is 5.19. The lowest BCUT2D eigenvalue weighted by atomic mass is 10.0. The van der Waals surface area contributed by atoms with Crippen molar-refractivity contribution in [2.45, 2.75) is 66.1 Å². The summed E-state index contributed by atoms with van der Waals surface area (Å²) in [4.78, 5) is 28.9. The third kappa shape index (κ3) is 7.45. The molecule has 0 aliphatic carbocycles. The highest BCUT2D eigenvalue weighted by molar-refractivity contribution is 5.88. The number of aryl methyl sites for hydroxylation is 2. The molecule has 0 bridgehead atoms. The fraction of sp³-hybridized carbons (Fsp3) is 0.355. The number of rotatable bonds is 11. The molecule has 3 aromatic rings. The fourth-order valence-electron chi connectivity index (χ4n) is 4.11. The molecule has 0 spiro atoms. The summed E-state index contributed by atoms with van der Waals surface area (Å²) in [5.74, 6) is 0.307. The van der Waals surface area contributed by atoms with E-state index < -0.39 is 6.04 Å². The van der Waals surface area contributed by atoms with Gasteiger partial charge in [0.15, 0.2) is 6.61 Å². The molecule has 0 aliphatic rings. The van der Waals surface area contributed by atoms with Crippen LogP contribution < -0.4 is 10.1 Å². The Hall–Kier alpha value is -3.60. The first-order chi connectivity index (χ1) is 17.3. The summed E-state index contributed by atoms with van der Waals surface area (Å²) < 4.78 is 5.98. The molecule has 5 nitrogen and oxygen atoms in total. The Labute approximate surface area is 215 Å². The lowest BCUT2D eigenvalue weighted by Gasteiger charge is -2.32. The van der Waals surface area contributed by atoms with Gasteiger partial charge in [0.2, 0.25) is 5.91 Å². The van der Waals surface area contributed by atoms with Crippen LogP contribution in [0.1, 0.15) is 48.1 Å². The van der Waals surface area contributed by atoms with Crippen molar-refractivity contribution in [3.05, 3.63) is 101 Å². The molecule has 5 heteroatoms. The van der Waals surface area contributed by atoms with Gasteiger partial charge in [-0.05, 0) is 62.4 Å². The summed E-state index contributed by atoms with van der Waals surface area (Å²) in [6.07, 6.45) is 1.23. The second-order valence-electron chi connectivity index (χ2n) is 9.52. The Kier molecular flexibility index (Phi) is 9.69. The van der Waals surface area contributed by atoms with Crippen LogP contribution in [-0.2, 0) is 22.6 Å². The van der Waals surface area contributed by atoms with Crippen molar-refractivity contribution in [1.29, 1.82) is 0 Å². The summed E-state index contributed by atoms with van der Waals surface area (Å²) in [6.45, 7) is 10.2. The Morgan fingerprint density at radius 3 is 2.31 bits per heavy atom. The van der Waals surface area contributed by atoms with E-state index in [-0.39, 0.29) is 24.5 Å². The molecule has 0 saturated carbocycles. The Bertz CT molecular complexity index is 1160. The van der Waals surface area contributed by atoms with Gasteiger partial charge in [0.1, 0.15) is 11.8 Å². The smallest absolute Gasteiger partial charge is 0.261 e. The van der Waals surface area contributed by atoms with Crippen molar-refractivity contribution in [3.63, 3.8) is 0 Å². The van der Waals surface area contributed by atoms with Gasteiger partial charge >= 0.3 is 0 Å². The number of ether oxygens (including phenoxy) is 1. The maximum absolute atomic E-state index is 13.7. The summed E-state index contributed by atoms with van der Waals surface area (Å²) >= 11 is 0. The number of hydrogen-bond donors (Lipinski definition) is 1. The SMILES string of the molecule is CC[C@H](C)NC(=O)[C@H](Cc1ccccc1)N(Cc1cccc(C)c1)C(=O)COc1cccc(C)c1C. The van der Waals surface area contributed by atoms with Crippen molar-refractivity contribution < 1.29 is 14.3 Å². The molecule has 190 valence electrons. The number of carbonyl (C=O) groups excluding carboxylic acids is 2. The number of nitrogens with zero attached hydrogens (tertiary/aromatic N) is 1. The van der Waals surface area contributed by atoms with Gasteiger partial charge in [-0.1, -0.05) is 79.2 Å². The third-order valence-corrected chi connectivity index (χ3v) is 6.61. The van der Waals surface area contributed by atoms with Gasteiger partial charge in [0.05, 0.1) is 0 Å². The third-order valence-electron chi connectivity index (χ3n) is 6.61. The predicted molar refractivity (Wildman–Crippen MR) is 145 cm³/mol. The molecule has 2 amide bonds. The van der Waals surface area contributed by atoms with Crippen molar-refractivity contribution >= 4 is 11.8 Å². The minimum Gasteiger partial charge on any atom is -0.483 e. The number of amides is 2. The fourth-order valence-corrected chi connectivity index (χ4v) is 4.11. The van der Waals surface area contributed by atoms with Crippen molar-refractivity contribution in [1.82, 2.24) is 10.2 Å². The van der Waals surface area contributed by atoms with Gasteiger partial charge in [-0.2, -0.15) is 0 Å². The van der Waals surface area contributed by atoms with E-state index in [0.29, 0.717) is 18.7 Å². The van der Waals surface area contributed by atoms with Gasteiger partial charge in [-0.3, -0.25) is 9.59 Å². The highest BCUT2D eigenvalue weighted by atomic mass is 16.5. The average Bonchev–Trinajstić information content (AvgIpc) is 2.87. The quantitative estimate of drug-likeness (QED) is 0.387. The molecule has 2 atom stereocenters. The van der Waals surface area contributed by atoms with Crippen LogP contribution in [0.5, 0.6) is 5.75 Å². The number of carbonyl (C=O) groups is 2. The van der Waals surface area contributed by atoms with Crippen molar-refractivity contribution in [3.8, 4) is 5.75 Å². The van der Waals surface area contributed by atoms with Crippen LogP contribution >= 0.6 is 0 Å². The highest BCUT2D eigenvalue weighted by Crippen LogP contribution is 2.21. The lowest BCUT2D eigenvalue weighted by molar-refractivity contribution is -0.143. The molecule has 3 aromatic carbocycles. The molecule has 0 unspecified atom stereocenters. The Balaban J connectivity index is 1.93. The zero-order valence-corrected chi connectivity index (χ0v) is 22.1. The second kappa shape index (κ2) is 12.9. The molecule has 36 heavy (non-hydrogen) atoms. The largest absolute Gasteiger partial charge is 0.483 e. The molecule has 1 N–H and O–H groups in total. The standard InChI is InChI=1S/C31H38N2O3/c1-6-24(4)32-31(35)28(19-26-14-8-7-9-15-26)33(20-27-16-10-12-22(2)18-27)30(34)21-36-29-17-11-13-23(3)25(29)5/h7-18,24,28H,6,19-21H2,1-5H3,(H,32,35)/t24-,28-/m0/s1. The van der Waals surface area contributed by atoms with Gasteiger partial charge in [0, 0.05) is 19.0 Å². The number of nitrogens with one attached hydrogen (secondary N) is 1.